The largest absolute Gasteiger partial charge is 0.392 e. The van der Waals surface area contributed by atoms with Gasteiger partial charge in [0.25, 0.3) is 0 Å². The molecule has 1 aliphatic heterocycles. The number of terminal acetylenes is 1. The standard InChI is InChI=1S/C13H14FN5O2/c1-3-13(5-20)7(2)4-8(21-13)19-6-16-9-10(15)17-12(14)18-11(9)19/h1,6-8,20H,4-5H2,2H3,(H2,15,17,18)/t7-,8+,13+/m0/s1/i4D2. The molecule has 7 nitrogen and oxygen atoms in total. The van der Waals surface area contributed by atoms with Crippen LogP contribution in [0.2, 0.25) is 0 Å². The molecule has 0 spiro atoms. The van der Waals surface area contributed by atoms with Crippen molar-refractivity contribution in [1.29, 1.82) is 0 Å². The zero-order valence-electron chi connectivity index (χ0n) is 13.1. The molecule has 0 aromatic carbocycles. The van der Waals surface area contributed by atoms with Crippen LogP contribution in [0.5, 0.6) is 0 Å². The summed E-state index contributed by atoms with van der Waals surface area (Å²) in [6.07, 6.45) is 2.39. The fraction of sp³-hybridized carbons (Fsp3) is 0.462. The third-order valence-electron chi connectivity index (χ3n) is 3.57. The number of hydrogen-bond acceptors (Lipinski definition) is 6. The highest BCUT2D eigenvalue weighted by molar-refractivity contribution is 5.81. The molecule has 110 valence electrons. The smallest absolute Gasteiger partial charge is 0.312 e. The van der Waals surface area contributed by atoms with Gasteiger partial charge in [-0.1, -0.05) is 12.8 Å². The average molecular weight is 293 g/mol. The van der Waals surface area contributed by atoms with E-state index in [4.69, 9.17) is 19.6 Å². The van der Waals surface area contributed by atoms with Crippen molar-refractivity contribution in [1.82, 2.24) is 19.5 Å². The summed E-state index contributed by atoms with van der Waals surface area (Å²) in [7, 11) is 0. The van der Waals surface area contributed by atoms with Crippen LogP contribution >= 0.6 is 0 Å². The Balaban J connectivity index is 2.18. The van der Waals surface area contributed by atoms with Gasteiger partial charge in [-0.3, -0.25) is 4.57 Å². The fourth-order valence-electron chi connectivity index (χ4n) is 2.28. The lowest BCUT2D eigenvalue weighted by Gasteiger charge is -2.24. The highest BCUT2D eigenvalue weighted by Gasteiger charge is 2.46. The SMILES string of the molecule is [2H]C1([2H])[C@H](n2cnc3c(N)nc(F)nc32)O[C@](C#C)(CO)[C@H]1C. The summed E-state index contributed by atoms with van der Waals surface area (Å²) in [6.45, 7) is 0.984. The summed E-state index contributed by atoms with van der Waals surface area (Å²) < 4.78 is 36.9. The number of nitrogens with zero attached hydrogens (tertiary/aromatic N) is 4. The molecule has 2 aromatic rings. The van der Waals surface area contributed by atoms with Crippen LogP contribution in [0.4, 0.5) is 10.2 Å². The molecule has 1 aliphatic rings. The first-order chi connectivity index (χ1) is 10.8. The van der Waals surface area contributed by atoms with E-state index in [1.165, 1.54) is 10.9 Å². The molecule has 3 rings (SSSR count). The Morgan fingerprint density at radius 3 is 3.14 bits per heavy atom. The second-order valence-corrected chi connectivity index (χ2v) is 4.75. The predicted octanol–water partition coefficient (Wildman–Crippen LogP) is 0.467. The van der Waals surface area contributed by atoms with Gasteiger partial charge in [0.2, 0.25) is 0 Å². The monoisotopic (exact) mass is 293 g/mol. The van der Waals surface area contributed by atoms with Crippen molar-refractivity contribution < 1.29 is 17.0 Å². The third-order valence-corrected chi connectivity index (χ3v) is 3.57. The van der Waals surface area contributed by atoms with Gasteiger partial charge in [-0.25, -0.2) is 4.98 Å². The van der Waals surface area contributed by atoms with Crippen LogP contribution in [0.1, 0.15) is 22.3 Å². The molecule has 0 unspecified atom stereocenters. The number of aromatic nitrogens is 4. The molecule has 0 bridgehead atoms. The number of aliphatic hydroxyl groups is 1. The van der Waals surface area contributed by atoms with Crippen LogP contribution in [0.15, 0.2) is 6.33 Å². The summed E-state index contributed by atoms with van der Waals surface area (Å²) in [5, 5.41) is 9.57. The first-order valence-electron chi connectivity index (χ1n) is 7.19. The van der Waals surface area contributed by atoms with Crippen molar-refractivity contribution in [3.63, 3.8) is 0 Å². The Kier molecular flexibility index (Phi) is 2.53. The van der Waals surface area contributed by atoms with Gasteiger partial charge in [0.15, 0.2) is 22.6 Å². The molecule has 8 heteroatoms. The van der Waals surface area contributed by atoms with Gasteiger partial charge in [0.1, 0.15) is 6.23 Å². The number of imidazole rings is 1. The maximum atomic E-state index is 13.4. The lowest BCUT2D eigenvalue weighted by Crippen LogP contribution is -2.36. The van der Waals surface area contributed by atoms with E-state index in [9.17, 15) is 9.50 Å². The molecule has 0 aliphatic carbocycles. The van der Waals surface area contributed by atoms with Gasteiger partial charge in [-0.15, -0.1) is 6.42 Å². The lowest BCUT2D eigenvalue weighted by molar-refractivity contribution is -0.0717. The van der Waals surface area contributed by atoms with Gasteiger partial charge in [-0.2, -0.15) is 14.4 Å². The minimum absolute atomic E-state index is 0.0122. The van der Waals surface area contributed by atoms with Crippen molar-refractivity contribution in [3.05, 3.63) is 12.4 Å². The zero-order chi connectivity index (χ0) is 17.0. The van der Waals surface area contributed by atoms with Crippen LogP contribution in [0.3, 0.4) is 0 Å². The van der Waals surface area contributed by atoms with E-state index in [2.05, 4.69) is 20.9 Å². The van der Waals surface area contributed by atoms with Crippen LogP contribution in [0, 0.1) is 24.3 Å². The van der Waals surface area contributed by atoms with Crippen molar-refractivity contribution in [3.8, 4) is 12.3 Å². The summed E-state index contributed by atoms with van der Waals surface area (Å²) in [6, 6.07) is 0. The molecule has 3 atom stereocenters. The Hall–Kier alpha value is -2.24. The molecule has 3 N–H and O–H groups in total. The van der Waals surface area contributed by atoms with Gasteiger partial charge in [-0.05, 0) is 6.37 Å². The maximum Gasteiger partial charge on any atom is 0.312 e. The van der Waals surface area contributed by atoms with E-state index >= 15 is 0 Å². The van der Waals surface area contributed by atoms with E-state index < -0.39 is 36.8 Å². The van der Waals surface area contributed by atoms with Crippen molar-refractivity contribution >= 4 is 17.0 Å². The minimum Gasteiger partial charge on any atom is -0.392 e. The number of hydrogen-bond donors (Lipinski definition) is 2. The van der Waals surface area contributed by atoms with E-state index in [0.29, 0.717) is 0 Å². The number of nitrogens with two attached hydrogens (primary N) is 1. The molecule has 3 heterocycles. The zero-order valence-corrected chi connectivity index (χ0v) is 11.1. The van der Waals surface area contributed by atoms with E-state index in [0.717, 1.165) is 0 Å². The minimum atomic E-state index is -1.96. The maximum absolute atomic E-state index is 13.4. The molecule has 1 fully saturated rings. The number of rotatable bonds is 2. The van der Waals surface area contributed by atoms with Gasteiger partial charge >= 0.3 is 6.08 Å². The van der Waals surface area contributed by atoms with Crippen LogP contribution < -0.4 is 5.73 Å². The average Bonchev–Trinajstić information content (AvgIpc) is 2.99. The number of aliphatic hydroxyl groups excluding tert-OH is 1. The van der Waals surface area contributed by atoms with Gasteiger partial charge < -0.3 is 15.6 Å². The van der Waals surface area contributed by atoms with Crippen molar-refractivity contribution in [2.24, 2.45) is 5.92 Å². The van der Waals surface area contributed by atoms with Crippen molar-refractivity contribution in [2.75, 3.05) is 12.3 Å². The van der Waals surface area contributed by atoms with E-state index in [1.54, 1.807) is 6.92 Å². The molecule has 2 aromatic heterocycles. The highest BCUT2D eigenvalue weighted by atomic mass is 19.1. The summed E-state index contributed by atoms with van der Waals surface area (Å²) >= 11 is 0. The van der Waals surface area contributed by atoms with Gasteiger partial charge in [0.05, 0.1) is 12.9 Å². The normalized spacial score (nSPS) is 32.7. The molecule has 0 saturated carbocycles. The highest BCUT2D eigenvalue weighted by Crippen LogP contribution is 2.41. The molecule has 0 amide bonds. The summed E-state index contributed by atoms with van der Waals surface area (Å²) in [5.74, 6) is 1.33. The first-order valence-corrected chi connectivity index (χ1v) is 6.19. The molecule has 1 saturated heterocycles. The summed E-state index contributed by atoms with van der Waals surface area (Å²) in [4.78, 5) is 11.0. The van der Waals surface area contributed by atoms with Crippen LogP contribution in [0.25, 0.3) is 11.2 Å². The fourth-order valence-corrected chi connectivity index (χ4v) is 2.28. The number of ether oxygens (including phenoxy) is 1. The van der Waals surface area contributed by atoms with Crippen LogP contribution in [-0.2, 0) is 4.74 Å². The van der Waals surface area contributed by atoms with Crippen molar-refractivity contribution in [2.45, 2.75) is 25.1 Å². The van der Waals surface area contributed by atoms with E-state index in [1.807, 2.05) is 0 Å². The predicted molar refractivity (Wildman–Crippen MR) is 72.2 cm³/mol. The van der Waals surface area contributed by atoms with Crippen LogP contribution in [-0.4, -0.2) is 36.8 Å². The number of nitrogen functional groups attached to an aromatic ring is 1. The Morgan fingerprint density at radius 1 is 1.76 bits per heavy atom. The molecule has 0 radical (unpaired) electrons. The quantitative estimate of drug-likeness (QED) is 0.617. The first kappa shape index (κ1) is 11.4. The second-order valence-electron chi connectivity index (χ2n) is 4.75. The Bertz CT molecular complexity index is 821. The number of anilines is 1. The number of halogens is 1. The number of fused-ring (bicyclic) bond motifs is 1. The Labute approximate surface area is 122 Å². The topological polar surface area (TPSA) is 99.1 Å². The second kappa shape index (κ2) is 4.65. The molecular weight excluding hydrogens is 277 g/mol. The third kappa shape index (κ3) is 1.93. The molecule has 21 heavy (non-hydrogen) atoms. The van der Waals surface area contributed by atoms with Gasteiger partial charge in [0, 0.05) is 8.66 Å². The molecular formula is C13H14FN5O2. The summed E-state index contributed by atoms with van der Waals surface area (Å²) in [5.41, 5.74) is 4.21. The van der Waals surface area contributed by atoms with E-state index in [-0.39, 0.29) is 17.0 Å². The lowest BCUT2D eigenvalue weighted by atomic mass is 9.90. The Morgan fingerprint density at radius 2 is 2.52 bits per heavy atom.